The third kappa shape index (κ3) is 5.28. The van der Waals surface area contributed by atoms with Crippen molar-refractivity contribution in [2.24, 2.45) is 0 Å². The predicted octanol–water partition coefficient (Wildman–Crippen LogP) is 1.49. The molecule has 2 aliphatic heterocycles. The summed E-state index contributed by atoms with van der Waals surface area (Å²) in [6, 6.07) is 9.87. The summed E-state index contributed by atoms with van der Waals surface area (Å²) in [7, 11) is 0. The van der Waals surface area contributed by atoms with Crippen molar-refractivity contribution in [3.05, 3.63) is 35.9 Å². The molecule has 2 saturated heterocycles. The standard InChI is InChI=1S/C19H26N2O4/c22-18(8-11-21-10-4-7-19(21)23)20-16-14-24-12-9-17(16)25-13-15-5-2-1-3-6-15/h1-3,5-6,16-17H,4,7-14H2,(H,20,22)/t16-,17+/m1/s1. The minimum atomic E-state index is -0.140. The Morgan fingerprint density at radius 1 is 1.32 bits per heavy atom. The highest BCUT2D eigenvalue weighted by molar-refractivity contribution is 5.80. The zero-order valence-electron chi connectivity index (χ0n) is 14.5. The molecular formula is C19H26N2O4. The van der Waals surface area contributed by atoms with Crippen LogP contribution in [0, 0.1) is 0 Å². The summed E-state index contributed by atoms with van der Waals surface area (Å²) < 4.78 is 11.5. The van der Waals surface area contributed by atoms with Crippen molar-refractivity contribution in [2.75, 3.05) is 26.3 Å². The largest absolute Gasteiger partial charge is 0.379 e. The second-order valence-electron chi connectivity index (χ2n) is 6.61. The fraction of sp³-hybridized carbons (Fsp3) is 0.579. The van der Waals surface area contributed by atoms with Gasteiger partial charge in [-0.05, 0) is 18.4 Å². The predicted molar refractivity (Wildman–Crippen MR) is 92.8 cm³/mol. The number of ether oxygens (including phenoxy) is 2. The second kappa shape index (κ2) is 8.97. The number of hydrogen-bond acceptors (Lipinski definition) is 4. The Hall–Kier alpha value is -1.92. The molecule has 3 rings (SSSR count). The van der Waals surface area contributed by atoms with Gasteiger partial charge in [-0.3, -0.25) is 9.59 Å². The van der Waals surface area contributed by atoms with Gasteiger partial charge in [0.1, 0.15) is 0 Å². The fourth-order valence-electron chi connectivity index (χ4n) is 3.29. The van der Waals surface area contributed by atoms with E-state index >= 15 is 0 Å². The fourth-order valence-corrected chi connectivity index (χ4v) is 3.29. The van der Waals surface area contributed by atoms with Crippen molar-refractivity contribution < 1.29 is 19.1 Å². The quantitative estimate of drug-likeness (QED) is 0.812. The minimum absolute atomic E-state index is 0.0497. The van der Waals surface area contributed by atoms with E-state index in [9.17, 15) is 9.59 Å². The first-order chi connectivity index (χ1) is 12.2. The summed E-state index contributed by atoms with van der Waals surface area (Å²) in [5.41, 5.74) is 1.12. The Bertz CT molecular complexity index is 578. The van der Waals surface area contributed by atoms with Crippen LogP contribution in [0.4, 0.5) is 0 Å². The summed E-state index contributed by atoms with van der Waals surface area (Å²) in [5.74, 6) is 0.0985. The van der Waals surface area contributed by atoms with Crippen LogP contribution >= 0.6 is 0 Å². The summed E-state index contributed by atoms with van der Waals surface area (Å²) in [5, 5.41) is 3.02. The Morgan fingerprint density at radius 3 is 2.92 bits per heavy atom. The van der Waals surface area contributed by atoms with Gasteiger partial charge in [0.2, 0.25) is 11.8 Å². The third-order valence-corrected chi connectivity index (χ3v) is 4.73. The maximum Gasteiger partial charge on any atom is 0.222 e. The van der Waals surface area contributed by atoms with Crippen molar-refractivity contribution in [2.45, 2.75) is 44.4 Å². The van der Waals surface area contributed by atoms with Crippen LogP contribution in [0.1, 0.15) is 31.2 Å². The van der Waals surface area contributed by atoms with Gasteiger partial charge >= 0.3 is 0 Å². The van der Waals surface area contributed by atoms with E-state index in [-0.39, 0.29) is 24.0 Å². The Labute approximate surface area is 148 Å². The van der Waals surface area contributed by atoms with Gasteiger partial charge in [-0.25, -0.2) is 0 Å². The summed E-state index contributed by atoms with van der Waals surface area (Å²) in [6.07, 6.45) is 2.54. The van der Waals surface area contributed by atoms with Crippen molar-refractivity contribution in [3.8, 4) is 0 Å². The molecule has 2 amide bonds. The summed E-state index contributed by atoms with van der Waals surface area (Å²) in [4.78, 5) is 25.6. The zero-order chi connectivity index (χ0) is 17.5. The number of nitrogens with zero attached hydrogens (tertiary/aromatic N) is 1. The van der Waals surface area contributed by atoms with E-state index < -0.39 is 0 Å². The van der Waals surface area contributed by atoms with E-state index in [2.05, 4.69) is 5.32 Å². The number of hydrogen-bond donors (Lipinski definition) is 1. The normalized spacial score (nSPS) is 23.7. The molecule has 2 fully saturated rings. The van der Waals surface area contributed by atoms with Crippen LogP contribution in [0.15, 0.2) is 30.3 Å². The van der Waals surface area contributed by atoms with Gasteiger partial charge in [0, 0.05) is 32.5 Å². The Morgan fingerprint density at radius 2 is 2.16 bits per heavy atom. The summed E-state index contributed by atoms with van der Waals surface area (Å²) in [6.45, 7) is 2.90. The van der Waals surface area contributed by atoms with E-state index in [0.29, 0.717) is 39.2 Å². The van der Waals surface area contributed by atoms with E-state index in [1.54, 1.807) is 4.90 Å². The average molecular weight is 346 g/mol. The molecule has 0 saturated carbocycles. The van der Waals surface area contributed by atoms with Crippen LogP contribution in [0.25, 0.3) is 0 Å². The Kier molecular flexibility index (Phi) is 6.42. The van der Waals surface area contributed by atoms with Crippen molar-refractivity contribution in [1.82, 2.24) is 10.2 Å². The molecule has 2 atom stereocenters. The highest BCUT2D eigenvalue weighted by atomic mass is 16.5. The molecule has 0 bridgehead atoms. The molecule has 0 radical (unpaired) electrons. The number of carbonyl (C=O) groups is 2. The Balaban J connectivity index is 1.45. The number of carbonyl (C=O) groups excluding carboxylic acids is 2. The highest BCUT2D eigenvalue weighted by Gasteiger charge is 2.28. The maximum atomic E-state index is 12.2. The lowest BCUT2D eigenvalue weighted by Crippen LogP contribution is -2.51. The lowest BCUT2D eigenvalue weighted by atomic mass is 10.1. The molecule has 1 aromatic carbocycles. The van der Waals surface area contributed by atoms with Crippen LogP contribution in [0.2, 0.25) is 0 Å². The molecule has 2 aliphatic rings. The van der Waals surface area contributed by atoms with E-state index in [1.165, 1.54) is 0 Å². The average Bonchev–Trinajstić information content (AvgIpc) is 3.05. The van der Waals surface area contributed by atoms with E-state index in [0.717, 1.165) is 24.9 Å². The van der Waals surface area contributed by atoms with Crippen LogP contribution in [0.3, 0.4) is 0 Å². The van der Waals surface area contributed by atoms with Gasteiger partial charge in [-0.15, -0.1) is 0 Å². The first-order valence-corrected chi connectivity index (χ1v) is 9.03. The van der Waals surface area contributed by atoms with Crippen LogP contribution in [-0.4, -0.2) is 55.2 Å². The number of amides is 2. The molecule has 0 unspecified atom stereocenters. The van der Waals surface area contributed by atoms with Gasteiger partial charge < -0.3 is 19.7 Å². The van der Waals surface area contributed by atoms with Crippen LogP contribution < -0.4 is 5.32 Å². The van der Waals surface area contributed by atoms with E-state index in [4.69, 9.17) is 9.47 Å². The van der Waals surface area contributed by atoms with Crippen molar-refractivity contribution in [1.29, 1.82) is 0 Å². The number of rotatable bonds is 7. The first kappa shape index (κ1) is 17.9. The maximum absolute atomic E-state index is 12.2. The van der Waals surface area contributed by atoms with Gasteiger partial charge in [-0.2, -0.15) is 0 Å². The molecule has 1 aromatic rings. The second-order valence-corrected chi connectivity index (χ2v) is 6.61. The molecule has 0 aliphatic carbocycles. The molecular weight excluding hydrogens is 320 g/mol. The molecule has 136 valence electrons. The van der Waals surface area contributed by atoms with E-state index in [1.807, 2.05) is 30.3 Å². The number of benzene rings is 1. The number of nitrogens with one attached hydrogen (secondary N) is 1. The zero-order valence-corrected chi connectivity index (χ0v) is 14.5. The summed E-state index contributed by atoms with van der Waals surface area (Å²) >= 11 is 0. The third-order valence-electron chi connectivity index (χ3n) is 4.73. The molecule has 0 aromatic heterocycles. The number of likely N-dealkylation sites (tertiary alicyclic amines) is 1. The van der Waals surface area contributed by atoms with Gasteiger partial charge in [0.25, 0.3) is 0 Å². The van der Waals surface area contributed by atoms with Crippen LogP contribution in [0.5, 0.6) is 0 Å². The molecule has 0 spiro atoms. The minimum Gasteiger partial charge on any atom is -0.379 e. The molecule has 25 heavy (non-hydrogen) atoms. The highest BCUT2D eigenvalue weighted by Crippen LogP contribution is 2.15. The molecule has 2 heterocycles. The molecule has 6 nitrogen and oxygen atoms in total. The molecule has 1 N–H and O–H groups in total. The van der Waals surface area contributed by atoms with Gasteiger partial charge in [0.05, 0.1) is 25.4 Å². The lowest BCUT2D eigenvalue weighted by molar-refractivity contribution is -0.129. The van der Waals surface area contributed by atoms with Crippen molar-refractivity contribution in [3.63, 3.8) is 0 Å². The van der Waals surface area contributed by atoms with Gasteiger partial charge in [-0.1, -0.05) is 30.3 Å². The topological polar surface area (TPSA) is 67.9 Å². The lowest BCUT2D eigenvalue weighted by Gasteiger charge is -2.32. The molecule has 6 heteroatoms. The van der Waals surface area contributed by atoms with Gasteiger partial charge in [0.15, 0.2) is 0 Å². The smallest absolute Gasteiger partial charge is 0.222 e. The van der Waals surface area contributed by atoms with Crippen molar-refractivity contribution >= 4 is 11.8 Å². The monoisotopic (exact) mass is 346 g/mol. The van der Waals surface area contributed by atoms with Crippen LogP contribution in [-0.2, 0) is 25.7 Å². The first-order valence-electron chi connectivity index (χ1n) is 9.03. The SMILES string of the molecule is O=C(CCN1CCCC1=O)N[C@@H]1COCC[C@@H]1OCc1ccccc1.